The number of imidazole rings is 1. The number of aromatic amines is 1. The van der Waals surface area contributed by atoms with E-state index in [1.807, 2.05) is 0 Å². The maximum atomic E-state index is 13.0. The molecule has 0 aliphatic heterocycles. The van der Waals surface area contributed by atoms with Gasteiger partial charge in [0.25, 0.3) is 0 Å². The van der Waals surface area contributed by atoms with Crippen LogP contribution in [0.5, 0.6) is 0 Å². The van der Waals surface area contributed by atoms with Gasteiger partial charge in [-0.25, -0.2) is 17.8 Å². The average molecular weight is 283 g/mol. The minimum absolute atomic E-state index is 0.1000. The van der Waals surface area contributed by atoms with E-state index in [2.05, 4.69) is 9.97 Å². The number of aryl methyl sites for hydroxylation is 1. The third kappa shape index (κ3) is 2.82. The fourth-order valence-electron chi connectivity index (χ4n) is 1.75. The molecule has 0 unspecified atom stereocenters. The molecule has 0 atom stereocenters. The second-order valence-corrected chi connectivity index (χ2v) is 6.22. The second-order valence-electron chi connectivity index (χ2n) is 4.21. The van der Waals surface area contributed by atoms with Crippen molar-refractivity contribution < 1.29 is 12.8 Å². The zero-order chi connectivity index (χ0) is 14.0. The number of rotatable bonds is 4. The number of H-pyrrole nitrogens is 1. The van der Waals surface area contributed by atoms with Crippen molar-refractivity contribution in [2.24, 2.45) is 0 Å². The number of halogens is 1. The van der Waals surface area contributed by atoms with Gasteiger partial charge in [0, 0.05) is 19.4 Å². The average Bonchev–Trinajstić information content (AvgIpc) is 2.81. The lowest BCUT2D eigenvalue weighted by Crippen LogP contribution is -2.27. The Labute approximate surface area is 111 Å². The monoisotopic (exact) mass is 283 g/mol. The summed E-state index contributed by atoms with van der Waals surface area (Å²) >= 11 is 0. The Bertz CT molecular complexity index is 668. The summed E-state index contributed by atoms with van der Waals surface area (Å²) in [4.78, 5) is 6.92. The molecule has 0 bridgehead atoms. The first-order valence-electron chi connectivity index (χ1n) is 5.62. The largest absolute Gasteiger partial charge is 0.347 e. The van der Waals surface area contributed by atoms with E-state index in [0.717, 1.165) is 6.07 Å². The molecular weight excluding hydrogens is 269 g/mol. The van der Waals surface area contributed by atoms with Crippen molar-refractivity contribution in [3.63, 3.8) is 0 Å². The Kier molecular flexibility index (Phi) is 3.68. The lowest BCUT2D eigenvalue weighted by molar-refractivity contribution is 0.457. The van der Waals surface area contributed by atoms with Crippen LogP contribution < -0.4 is 0 Å². The Balaban J connectivity index is 2.31. The van der Waals surface area contributed by atoms with Crippen LogP contribution in [0.1, 0.15) is 11.4 Å². The summed E-state index contributed by atoms with van der Waals surface area (Å²) in [7, 11) is -2.20. The van der Waals surface area contributed by atoms with E-state index < -0.39 is 15.8 Å². The van der Waals surface area contributed by atoms with Gasteiger partial charge >= 0.3 is 0 Å². The number of benzene rings is 1. The number of aromatic nitrogens is 2. The number of sulfonamides is 1. The van der Waals surface area contributed by atoms with Gasteiger partial charge in [0.2, 0.25) is 10.0 Å². The molecule has 7 heteroatoms. The molecule has 0 fully saturated rings. The second kappa shape index (κ2) is 5.10. The van der Waals surface area contributed by atoms with Crippen molar-refractivity contribution in [3.8, 4) is 0 Å². The molecule has 0 amide bonds. The normalized spacial score (nSPS) is 12.0. The van der Waals surface area contributed by atoms with Gasteiger partial charge in [-0.15, -0.1) is 0 Å². The maximum Gasteiger partial charge on any atom is 0.243 e. The molecule has 0 saturated carbocycles. The van der Waals surface area contributed by atoms with Crippen LogP contribution in [0.3, 0.4) is 0 Å². The molecule has 5 nitrogen and oxygen atoms in total. The zero-order valence-electron chi connectivity index (χ0n) is 10.6. The molecule has 1 N–H and O–H groups in total. The Morgan fingerprint density at radius 1 is 1.42 bits per heavy atom. The van der Waals surface area contributed by atoms with Crippen molar-refractivity contribution in [2.75, 3.05) is 7.05 Å². The van der Waals surface area contributed by atoms with Crippen LogP contribution in [0.15, 0.2) is 35.5 Å². The molecule has 1 heterocycles. The summed E-state index contributed by atoms with van der Waals surface area (Å²) in [6, 6.07) is 3.62. The van der Waals surface area contributed by atoms with Crippen molar-refractivity contribution in [1.82, 2.24) is 14.3 Å². The van der Waals surface area contributed by atoms with Crippen molar-refractivity contribution in [3.05, 3.63) is 47.8 Å². The molecule has 0 spiro atoms. The fourth-order valence-corrected chi connectivity index (χ4v) is 3.08. The quantitative estimate of drug-likeness (QED) is 0.928. The Morgan fingerprint density at radius 3 is 2.74 bits per heavy atom. The molecule has 19 heavy (non-hydrogen) atoms. The van der Waals surface area contributed by atoms with E-state index in [1.54, 1.807) is 19.3 Å². The summed E-state index contributed by atoms with van der Waals surface area (Å²) < 4.78 is 38.9. The highest BCUT2D eigenvalue weighted by molar-refractivity contribution is 7.89. The minimum atomic E-state index is -3.66. The number of hydrogen-bond acceptors (Lipinski definition) is 3. The smallest absolute Gasteiger partial charge is 0.243 e. The Morgan fingerprint density at radius 2 is 2.16 bits per heavy atom. The van der Waals surface area contributed by atoms with Crippen LogP contribution in [-0.4, -0.2) is 29.7 Å². The minimum Gasteiger partial charge on any atom is -0.347 e. The van der Waals surface area contributed by atoms with Gasteiger partial charge in [0.15, 0.2) is 0 Å². The van der Waals surface area contributed by atoms with Gasteiger partial charge in [0.05, 0.1) is 11.4 Å². The summed E-state index contributed by atoms with van der Waals surface area (Å²) in [5, 5.41) is 0. The third-order valence-electron chi connectivity index (χ3n) is 2.75. The van der Waals surface area contributed by atoms with Crippen LogP contribution in [0, 0.1) is 12.7 Å². The highest BCUT2D eigenvalue weighted by atomic mass is 32.2. The first kappa shape index (κ1) is 13.7. The number of nitrogens with zero attached hydrogens (tertiary/aromatic N) is 2. The fraction of sp³-hybridized carbons (Fsp3) is 0.250. The lowest BCUT2D eigenvalue weighted by atomic mass is 10.2. The van der Waals surface area contributed by atoms with Gasteiger partial charge < -0.3 is 4.98 Å². The third-order valence-corrected chi connectivity index (χ3v) is 4.72. The molecule has 0 aliphatic rings. The van der Waals surface area contributed by atoms with Crippen LogP contribution in [0.2, 0.25) is 0 Å². The molecule has 1 aromatic carbocycles. The summed E-state index contributed by atoms with van der Waals surface area (Å²) in [5.74, 6) is 0.0935. The van der Waals surface area contributed by atoms with Crippen molar-refractivity contribution in [2.45, 2.75) is 18.4 Å². The van der Waals surface area contributed by atoms with E-state index in [1.165, 1.54) is 23.5 Å². The van der Waals surface area contributed by atoms with E-state index >= 15 is 0 Å². The SMILES string of the molecule is Cc1cc(F)ccc1S(=O)(=O)N(C)Cc1ncc[nH]1. The lowest BCUT2D eigenvalue weighted by Gasteiger charge is -2.17. The van der Waals surface area contributed by atoms with Gasteiger partial charge in [-0.05, 0) is 30.7 Å². The summed E-state index contributed by atoms with van der Waals surface area (Å²) in [6.45, 7) is 1.70. The molecule has 0 aliphatic carbocycles. The molecule has 0 radical (unpaired) electrons. The van der Waals surface area contributed by atoms with E-state index in [9.17, 15) is 12.8 Å². The van der Waals surface area contributed by atoms with Crippen LogP contribution in [-0.2, 0) is 16.6 Å². The van der Waals surface area contributed by atoms with Gasteiger partial charge in [-0.2, -0.15) is 4.31 Å². The Hall–Kier alpha value is -1.73. The maximum absolute atomic E-state index is 13.0. The van der Waals surface area contributed by atoms with Crippen molar-refractivity contribution >= 4 is 10.0 Å². The molecule has 102 valence electrons. The highest BCUT2D eigenvalue weighted by Gasteiger charge is 2.23. The van der Waals surface area contributed by atoms with Crippen LogP contribution >= 0.6 is 0 Å². The summed E-state index contributed by atoms with van der Waals surface area (Å²) in [5.41, 5.74) is 0.381. The predicted octanol–water partition coefficient (Wildman–Crippen LogP) is 1.68. The van der Waals surface area contributed by atoms with Crippen LogP contribution in [0.25, 0.3) is 0 Å². The molecule has 1 aromatic heterocycles. The van der Waals surface area contributed by atoms with Gasteiger partial charge in [0.1, 0.15) is 11.6 Å². The first-order valence-corrected chi connectivity index (χ1v) is 7.06. The van der Waals surface area contributed by atoms with E-state index in [4.69, 9.17) is 0 Å². The number of hydrogen-bond donors (Lipinski definition) is 1. The molecule has 0 saturated heterocycles. The first-order chi connectivity index (χ1) is 8.91. The van der Waals surface area contributed by atoms with Crippen molar-refractivity contribution in [1.29, 1.82) is 0 Å². The molecular formula is C12H14FN3O2S. The summed E-state index contributed by atoms with van der Waals surface area (Å²) in [6.07, 6.45) is 3.18. The van der Waals surface area contributed by atoms with Gasteiger partial charge in [-0.3, -0.25) is 0 Å². The molecule has 2 rings (SSSR count). The van der Waals surface area contributed by atoms with Gasteiger partial charge in [-0.1, -0.05) is 0 Å². The number of nitrogens with one attached hydrogen (secondary N) is 1. The predicted molar refractivity (Wildman–Crippen MR) is 68.4 cm³/mol. The highest BCUT2D eigenvalue weighted by Crippen LogP contribution is 2.20. The topological polar surface area (TPSA) is 66.1 Å². The van der Waals surface area contributed by atoms with Crippen LogP contribution in [0.4, 0.5) is 4.39 Å². The molecule has 2 aromatic rings. The van der Waals surface area contributed by atoms with E-state index in [0.29, 0.717) is 11.4 Å². The zero-order valence-corrected chi connectivity index (χ0v) is 11.4. The van der Waals surface area contributed by atoms with E-state index in [-0.39, 0.29) is 11.4 Å². The standard InChI is InChI=1S/C12H14FN3O2S/c1-9-7-10(13)3-4-11(9)19(17,18)16(2)8-12-14-5-6-15-12/h3-7H,8H2,1-2H3,(H,14,15).